The van der Waals surface area contributed by atoms with Crippen molar-refractivity contribution in [2.75, 3.05) is 13.6 Å². The number of phenols is 4. The third kappa shape index (κ3) is 12.9. The molecule has 16 N–H and O–H groups in total. The number of hydrogen-bond acceptors (Lipinski definition) is 18. The van der Waals surface area contributed by atoms with Gasteiger partial charge in [0.1, 0.15) is 77.2 Å². The van der Waals surface area contributed by atoms with Gasteiger partial charge in [-0.1, -0.05) is 69.0 Å². The molecule has 5 aromatic carbocycles. The summed E-state index contributed by atoms with van der Waals surface area (Å²) in [6.07, 6.45) is -0.398. The second-order valence-corrected chi connectivity index (χ2v) is 23.7. The molecule has 1 saturated heterocycles. The number of piperidine rings is 1. The number of fused-ring (bicyclic) bond motifs is 16. The van der Waals surface area contributed by atoms with Gasteiger partial charge in [-0.3, -0.25) is 38.4 Å². The van der Waals surface area contributed by atoms with Crippen LogP contribution in [0.2, 0.25) is 5.02 Å². The van der Waals surface area contributed by atoms with E-state index in [1.165, 1.54) is 61.6 Å². The van der Waals surface area contributed by atoms with Crippen molar-refractivity contribution in [1.82, 2.24) is 42.5 Å². The van der Waals surface area contributed by atoms with Crippen LogP contribution in [0.5, 0.6) is 46.0 Å². The number of aliphatic hydroxyl groups excluding tert-OH is 2. The zero-order chi connectivity index (χ0) is 63.0. The highest BCUT2D eigenvalue weighted by atomic mass is 35.5. The predicted octanol–water partition coefficient (Wildman–Crippen LogP) is 3.40. The number of Topliss-reactive ketones (excluding diaryl/α,β-unsaturated/α-hetero) is 1. The summed E-state index contributed by atoms with van der Waals surface area (Å²) in [5, 5.41) is 92.4. The molecule has 7 amide bonds. The van der Waals surface area contributed by atoms with Gasteiger partial charge in [0.15, 0.2) is 17.3 Å². The smallest absolute Gasteiger partial charge is 0.248 e. The van der Waals surface area contributed by atoms with E-state index >= 15 is 19.2 Å². The molecule has 0 aromatic heterocycles. The van der Waals surface area contributed by atoms with Crippen molar-refractivity contribution in [1.29, 1.82) is 0 Å². The molecule has 6 aliphatic heterocycles. The second-order valence-electron chi connectivity index (χ2n) is 23.3. The van der Waals surface area contributed by atoms with Crippen LogP contribution in [0.15, 0.2) is 84.9 Å². The molecule has 1 aliphatic carbocycles. The molecule has 25 nitrogen and oxygen atoms in total. The predicted molar refractivity (Wildman–Crippen MR) is 314 cm³/mol. The summed E-state index contributed by atoms with van der Waals surface area (Å²) in [6, 6.07) is 3.45. The fraction of sp³-hybridized carbons (Fsp3) is 0.387. The largest absolute Gasteiger partial charge is 0.508 e. The number of rotatable bonds is 9. The SMILES string of the molecule is CN[C@H](CC(C)C)C(=O)N[C@H]1C(=O)N[C@@H](CC(N)=O)C(=O)N[C@H]2C(=O)N[C@H]3C(=O)N[C@H](C(=O)N[C@H](C(=O)C4NCCC5CCCCC54)c4cc(O)cc(O)c4-c4cc3ccc4O)[C@H](O)c3ccc(cc3)Oc3cc2cc(c3O)Oc2ccc(cc2Cl)C1O. The van der Waals surface area contributed by atoms with Gasteiger partial charge in [-0.15, -0.1) is 0 Å². The number of carbonyl (C=O) groups excluding carboxylic acids is 8. The highest BCUT2D eigenvalue weighted by Crippen LogP contribution is 2.48. The molecule has 464 valence electrons. The number of ether oxygens (including phenoxy) is 2. The van der Waals surface area contributed by atoms with Crippen LogP contribution in [0.4, 0.5) is 0 Å². The summed E-state index contributed by atoms with van der Waals surface area (Å²) >= 11 is 6.81. The average Bonchev–Trinajstić information content (AvgIpc) is 1.36. The Morgan fingerprint density at radius 1 is 0.682 bits per heavy atom. The first-order chi connectivity index (χ1) is 42.0. The minimum atomic E-state index is -2.10. The number of hydrogen-bond donors (Lipinski definition) is 15. The van der Waals surface area contributed by atoms with Crippen molar-refractivity contribution in [2.45, 2.75) is 119 Å². The van der Waals surface area contributed by atoms with Crippen molar-refractivity contribution in [3.63, 3.8) is 0 Å². The Morgan fingerprint density at radius 3 is 2.06 bits per heavy atom. The van der Waals surface area contributed by atoms with Gasteiger partial charge in [0.2, 0.25) is 47.1 Å². The zero-order valence-electron chi connectivity index (χ0n) is 48.0. The molecule has 26 heteroatoms. The van der Waals surface area contributed by atoms with Crippen LogP contribution in [0.25, 0.3) is 11.1 Å². The number of benzene rings is 5. The van der Waals surface area contributed by atoms with Crippen molar-refractivity contribution >= 4 is 58.7 Å². The Labute approximate surface area is 509 Å². The van der Waals surface area contributed by atoms with E-state index in [1.54, 1.807) is 0 Å². The number of nitrogens with one attached hydrogen (secondary N) is 8. The number of nitrogens with two attached hydrogens (primary N) is 1. The van der Waals surface area contributed by atoms with Gasteiger partial charge in [0, 0.05) is 17.2 Å². The molecule has 11 bridgehead atoms. The van der Waals surface area contributed by atoms with E-state index < -0.39 is 149 Å². The summed E-state index contributed by atoms with van der Waals surface area (Å²) in [6.45, 7) is 4.18. The lowest BCUT2D eigenvalue weighted by molar-refractivity contribution is -0.138. The van der Waals surface area contributed by atoms with Crippen LogP contribution in [-0.2, 0) is 38.4 Å². The minimum Gasteiger partial charge on any atom is -0.508 e. The first-order valence-corrected chi connectivity index (χ1v) is 29.3. The van der Waals surface area contributed by atoms with Crippen molar-refractivity contribution in [2.24, 2.45) is 23.5 Å². The molecular formula is C62H68ClN9O16. The summed E-state index contributed by atoms with van der Waals surface area (Å²) in [5.41, 5.74) is 4.45. The number of likely N-dealkylation sites (N-methyl/N-ethyl adjacent to an activating group) is 1. The van der Waals surface area contributed by atoms with E-state index in [2.05, 4.69) is 42.5 Å². The normalized spacial score (nSPS) is 25.8. The molecule has 0 spiro atoms. The molecule has 12 rings (SSSR count). The summed E-state index contributed by atoms with van der Waals surface area (Å²) in [5.74, 6) is -12.3. The molecule has 7 aliphatic rings. The van der Waals surface area contributed by atoms with Crippen LogP contribution >= 0.6 is 11.6 Å². The van der Waals surface area contributed by atoms with Gasteiger partial charge in [0.05, 0.1) is 23.5 Å². The molecule has 1 saturated carbocycles. The highest BCUT2D eigenvalue weighted by molar-refractivity contribution is 6.32. The van der Waals surface area contributed by atoms with Crippen molar-refractivity contribution in [3.05, 3.63) is 118 Å². The Hall–Kier alpha value is -9.01. The number of ketones is 1. The number of carbonyl (C=O) groups is 8. The van der Waals surface area contributed by atoms with Gasteiger partial charge in [0.25, 0.3) is 0 Å². The molecule has 6 heterocycles. The first kappa shape index (κ1) is 62.1. The number of amides is 7. The maximum Gasteiger partial charge on any atom is 0.248 e. The Bertz CT molecular complexity index is 3600. The van der Waals surface area contributed by atoms with Crippen LogP contribution in [-0.4, -0.2) is 122 Å². The van der Waals surface area contributed by atoms with Crippen LogP contribution in [0, 0.1) is 17.8 Å². The fourth-order valence-electron chi connectivity index (χ4n) is 12.4. The molecule has 5 aromatic rings. The number of aromatic hydroxyl groups is 4. The van der Waals surface area contributed by atoms with E-state index in [1.807, 2.05) is 13.8 Å². The van der Waals surface area contributed by atoms with Crippen LogP contribution < -0.4 is 57.7 Å². The lowest BCUT2D eigenvalue weighted by Crippen LogP contribution is -2.59. The lowest BCUT2D eigenvalue weighted by atomic mass is 9.69. The van der Waals surface area contributed by atoms with E-state index in [0.29, 0.717) is 13.0 Å². The third-order valence-electron chi connectivity index (χ3n) is 16.9. The molecule has 2 fully saturated rings. The molecule has 88 heavy (non-hydrogen) atoms. The second kappa shape index (κ2) is 25.7. The van der Waals surface area contributed by atoms with Crippen LogP contribution in [0.1, 0.15) is 117 Å². The van der Waals surface area contributed by atoms with Gasteiger partial charge in [-0.05, 0) is 133 Å². The average molecular weight is 1230 g/mol. The monoisotopic (exact) mass is 1230 g/mol. The number of primary amides is 1. The van der Waals surface area contributed by atoms with E-state index in [9.17, 15) is 49.8 Å². The fourth-order valence-corrected chi connectivity index (χ4v) is 12.7. The standard InChI is InChI=1S/C62H68ClN9O16/c1-26(2)18-38(65-3)57(81)71-52-54(78)30-11-15-42(37(63)20-30)88-44-22-31-21-43(55(44)79)87-33-12-8-28(9-13-33)53(77)51-62(86)70-50(56(80)49-34-7-5-4-6-27(34)16-17-66-49)36-23-32(73)24-41(75)46(36)35-19-29(10-14-40(35)74)47(59(83)72-51)69-60(84)48(31)68-58(82)39(25-45(64)76)67-61(52)85/h8-15,19-24,26-27,34,38-39,47-54,65-66,73-75,77-79H,4-7,16-18,25H2,1-3H3,(H2,64,76)(H,67,85)(H,68,82)(H,69,84)(H,70,86)(H,71,81)(H,72,83)/t27?,34?,38-,39+,47-,48-,49?,50+,51+,52-,53-,54?/m1/s1. The quantitative estimate of drug-likeness (QED) is 0.101. The minimum absolute atomic E-state index is 0.00205. The van der Waals surface area contributed by atoms with Crippen LogP contribution in [0.3, 0.4) is 0 Å². The van der Waals surface area contributed by atoms with Gasteiger partial charge in [-0.25, -0.2) is 0 Å². The van der Waals surface area contributed by atoms with Gasteiger partial charge < -0.3 is 88.4 Å². The Balaban J connectivity index is 1.15. The van der Waals surface area contributed by atoms with Gasteiger partial charge >= 0.3 is 0 Å². The number of aliphatic hydroxyl groups is 2. The number of phenolic OH excluding ortho intramolecular Hbond substituents is 4. The van der Waals surface area contributed by atoms with E-state index in [-0.39, 0.29) is 79.6 Å². The Morgan fingerprint density at radius 2 is 1.35 bits per heavy atom. The molecule has 12 atom stereocenters. The molecule has 4 unspecified atom stereocenters. The lowest BCUT2D eigenvalue weighted by Gasteiger charge is -2.42. The number of halogens is 1. The molecular weight excluding hydrogens is 1160 g/mol. The summed E-state index contributed by atoms with van der Waals surface area (Å²) < 4.78 is 12.4. The van der Waals surface area contributed by atoms with Gasteiger partial charge in [-0.2, -0.15) is 0 Å². The first-order valence-electron chi connectivity index (χ1n) is 28.9. The summed E-state index contributed by atoms with van der Waals surface area (Å²) in [7, 11) is 1.52. The van der Waals surface area contributed by atoms with Crippen molar-refractivity contribution < 1.29 is 78.5 Å². The summed E-state index contributed by atoms with van der Waals surface area (Å²) in [4.78, 5) is 118. The maximum atomic E-state index is 15.6. The van der Waals surface area contributed by atoms with E-state index in [0.717, 1.165) is 56.0 Å². The highest BCUT2D eigenvalue weighted by Gasteiger charge is 2.45. The Kier molecular flexibility index (Phi) is 18.2. The third-order valence-corrected chi connectivity index (χ3v) is 17.2. The molecule has 0 radical (unpaired) electrons. The zero-order valence-corrected chi connectivity index (χ0v) is 48.7. The maximum absolute atomic E-state index is 15.6. The van der Waals surface area contributed by atoms with E-state index in [4.69, 9.17) is 26.8 Å². The topological polar surface area (TPSA) is 399 Å². The van der Waals surface area contributed by atoms with Crippen molar-refractivity contribution in [3.8, 4) is 57.1 Å².